The van der Waals surface area contributed by atoms with E-state index in [4.69, 9.17) is 5.10 Å². The number of ketones is 1. The molecule has 9 heteroatoms. The molecule has 1 aliphatic heterocycles. The lowest BCUT2D eigenvalue weighted by Crippen LogP contribution is -2.43. The van der Waals surface area contributed by atoms with Crippen molar-refractivity contribution in [2.45, 2.75) is 4.90 Å². The summed E-state index contributed by atoms with van der Waals surface area (Å²) >= 11 is 1.27. The number of carbonyl (C=O) groups excluding carboxylic acids is 1. The van der Waals surface area contributed by atoms with Crippen LogP contribution in [-0.4, -0.2) is 36.8 Å². The van der Waals surface area contributed by atoms with Crippen molar-refractivity contribution in [1.82, 2.24) is 9.78 Å². The van der Waals surface area contributed by atoms with E-state index in [0.717, 1.165) is 11.3 Å². The van der Waals surface area contributed by atoms with Crippen LogP contribution >= 0.6 is 11.8 Å². The molecule has 5 aromatic rings. The summed E-state index contributed by atoms with van der Waals surface area (Å²) in [4.78, 5) is 14.7. The van der Waals surface area contributed by atoms with Gasteiger partial charge in [-0.05, 0) is 48.7 Å². The summed E-state index contributed by atoms with van der Waals surface area (Å²) in [5, 5.41) is 15.5. The van der Waals surface area contributed by atoms with E-state index in [1.54, 1.807) is 65.5 Å². The van der Waals surface area contributed by atoms with E-state index in [0.29, 0.717) is 27.5 Å². The molecule has 0 saturated carbocycles. The Morgan fingerprint density at radius 3 is 2.14 bits per heavy atom. The van der Waals surface area contributed by atoms with Crippen molar-refractivity contribution in [3.8, 4) is 23.0 Å². The van der Waals surface area contributed by atoms with Gasteiger partial charge in [-0.1, -0.05) is 78.9 Å². The van der Waals surface area contributed by atoms with Gasteiger partial charge < -0.3 is 0 Å². The highest BCUT2D eigenvalue weighted by molar-refractivity contribution is 8.02. The van der Waals surface area contributed by atoms with Crippen molar-refractivity contribution in [2.75, 3.05) is 17.1 Å². The number of allylic oxidation sites excluding steroid dienone is 1. The number of nitriles is 1. The smallest absolute Gasteiger partial charge is 0.264 e. The zero-order valence-electron chi connectivity index (χ0n) is 23.2. The van der Waals surface area contributed by atoms with Gasteiger partial charge >= 0.3 is 0 Å². The molecule has 43 heavy (non-hydrogen) atoms. The van der Waals surface area contributed by atoms with E-state index >= 15 is 0 Å². The highest BCUT2D eigenvalue weighted by atomic mass is 32.2. The predicted molar refractivity (Wildman–Crippen MR) is 170 cm³/mol. The van der Waals surface area contributed by atoms with Crippen molar-refractivity contribution >= 4 is 38.8 Å². The predicted octanol–water partition coefficient (Wildman–Crippen LogP) is 6.84. The molecule has 0 fully saturated rings. The number of aromatic nitrogens is 2. The van der Waals surface area contributed by atoms with Gasteiger partial charge in [0.1, 0.15) is 6.07 Å². The fourth-order valence-corrected chi connectivity index (χ4v) is 7.66. The normalized spacial score (nSPS) is 15.4. The topological polar surface area (TPSA) is 96.1 Å². The third-order valence-electron chi connectivity index (χ3n) is 7.36. The monoisotopic (exact) mass is 602 g/mol. The first-order chi connectivity index (χ1) is 20.9. The SMILES string of the molecule is CS/C(=C(/C#N)c1cc(-c2ccccc2)nn1-c1ccccc1)C1CN(S(=O)(=O)c2ccccc2)c2ccccc2C1=O. The number of thioether (sulfide) groups is 1. The second-order valence-corrected chi connectivity index (χ2v) is 12.6. The van der Waals surface area contributed by atoms with Gasteiger partial charge in [-0.3, -0.25) is 9.10 Å². The number of nitrogens with zero attached hydrogens (tertiary/aromatic N) is 4. The van der Waals surface area contributed by atoms with E-state index in [9.17, 15) is 18.5 Å². The maximum Gasteiger partial charge on any atom is 0.264 e. The molecule has 0 saturated heterocycles. The van der Waals surface area contributed by atoms with Crippen LogP contribution in [0, 0.1) is 17.2 Å². The number of anilines is 1. The third kappa shape index (κ3) is 5.16. The van der Waals surface area contributed by atoms with Crippen LogP contribution in [0.4, 0.5) is 5.69 Å². The maximum absolute atomic E-state index is 14.1. The van der Waals surface area contributed by atoms with Gasteiger partial charge in [-0.15, -0.1) is 11.8 Å². The lowest BCUT2D eigenvalue weighted by atomic mass is 9.90. The number of carbonyl (C=O) groups is 1. The van der Waals surface area contributed by atoms with Crippen molar-refractivity contribution in [3.05, 3.63) is 137 Å². The second kappa shape index (κ2) is 11.8. The molecule has 0 radical (unpaired) electrons. The quantitative estimate of drug-likeness (QED) is 0.189. The van der Waals surface area contributed by atoms with Crippen molar-refractivity contribution in [1.29, 1.82) is 5.26 Å². The summed E-state index contributed by atoms with van der Waals surface area (Å²) < 4.78 is 30.9. The number of hydrogen-bond donors (Lipinski definition) is 0. The zero-order valence-corrected chi connectivity index (χ0v) is 24.8. The zero-order chi connectivity index (χ0) is 30.0. The van der Waals surface area contributed by atoms with Gasteiger partial charge in [0.05, 0.1) is 39.1 Å². The van der Waals surface area contributed by atoms with E-state index in [1.807, 2.05) is 66.7 Å². The Kier molecular flexibility index (Phi) is 7.72. The molecule has 6 rings (SSSR count). The Bertz CT molecular complexity index is 1980. The fourth-order valence-electron chi connectivity index (χ4n) is 5.32. The van der Waals surface area contributed by atoms with E-state index < -0.39 is 15.9 Å². The largest absolute Gasteiger partial charge is 0.293 e. The average Bonchev–Trinajstić information content (AvgIpc) is 3.50. The standard InChI is InChI=1S/C34H26N4O3S2/c1-42-34(28(22-35)32-21-30(24-13-5-2-6-14-24)36-38(32)25-15-7-3-8-16-25)29-23-37(31-20-12-11-19-27(31)33(29)39)43(40,41)26-17-9-4-10-18-26/h2-21,29H,23H2,1H3/b34-28-. The highest BCUT2D eigenvalue weighted by Gasteiger charge is 2.40. The number of sulfonamides is 1. The van der Waals surface area contributed by atoms with E-state index in [2.05, 4.69) is 6.07 Å². The summed E-state index contributed by atoms with van der Waals surface area (Å²) in [6.45, 7) is -0.139. The van der Waals surface area contributed by atoms with E-state index in [-0.39, 0.29) is 22.8 Å². The molecule has 4 aromatic carbocycles. The Balaban J connectivity index is 1.54. The Morgan fingerprint density at radius 1 is 0.884 bits per heavy atom. The Labute approximate surface area is 254 Å². The number of para-hydroxylation sites is 2. The van der Waals surface area contributed by atoms with Crippen LogP contribution in [0.1, 0.15) is 16.1 Å². The van der Waals surface area contributed by atoms with Gasteiger partial charge in [-0.25, -0.2) is 13.1 Å². The van der Waals surface area contributed by atoms with Crippen LogP contribution in [0.3, 0.4) is 0 Å². The Hall–Kier alpha value is -4.91. The van der Waals surface area contributed by atoms with Crippen LogP contribution in [0.15, 0.2) is 131 Å². The minimum absolute atomic E-state index is 0.128. The third-order valence-corrected chi connectivity index (χ3v) is 10.1. The molecule has 212 valence electrons. The number of benzene rings is 4. The molecular weight excluding hydrogens is 577 g/mol. The molecule has 0 aliphatic carbocycles. The lowest BCUT2D eigenvalue weighted by Gasteiger charge is -2.35. The molecule has 2 heterocycles. The van der Waals surface area contributed by atoms with Crippen LogP contribution in [-0.2, 0) is 10.0 Å². The van der Waals surface area contributed by atoms with Gasteiger partial charge in [-0.2, -0.15) is 10.4 Å². The molecule has 1 aliphatic rings. The molecular formula is C34H26N4O3S2. The molecule has 1 atom stereocenters. The summed E-state index contributed by atoms with van der Waals surface area (Å²) in [5.41, 5.74) is 3.70. The minimum Gasteiger partial charge on any atom is -0.293 e. The van der Waals surface area contributed by atoms with Crippen molar-refractivity contribution < 1.29 is 13.2 Å². The fraction of sp³-hybridized carbons (Fsp3) is 0.0882. The van der Waals surface area contributed by atoms with Crippen molar-refractivity contribution in [3.63, 3.8) is 0 Å². The van der Waals surface area contributed by atoms with Gasteiger partial charge in [0.15, 0.2) is 5.78 Å². The molecule has 0 N–H and O–H groups in total. The molecule has 1 aromatic heterocycles. The number of Topliss-reactive ketones (excluding diaryl/α,β-unsaturated/α-hetero) is 1. The Morgan fingerprint density at radius 2 is 1.49 bits per heavy atom. The molecule has 7 nitrogen and oxygen atoms in total. The molecule has 0 spiro atoms. The van der Waals surface area contributed by atoms with Crippen LogP contribution < -0.4 is 4.31 Å². The average molecular weight is 603 g/mol. The maximum atomic E-state index is 14.1. The summed E-state index contributed by atoms with van der Waals surface area (Å²) in [5.74, 6) is -1.14. The van der Waals surface area contributed by atoms with Crippen LogP contribution in [0.2, 0.25) is 0 Å². The van der Waals surface area contributed by atoms with Crippen molar-refractivity contribution in [2.24, 2.45) is 5.92 Å². The summed E-state index contributed by atoms with van der Waals surface area (Å²) in [7, 11) is -4.00. The van der Waals surface area contributed by atoms with Gasteiger partial charge in [0.25, 0.3) is 10.0 Å². The lowest BCUT2D eigenvalue weighted by molar-refractivity contribution is 0.0943. The summed E-state index contributed by atoms with van der Waals surface area (Å²) in [6.07, 6.45) is 1.80. The highest BCUT2D eigenvalue weighted by Crippen LogP contribution is 2.42. The second-order valence-electron chi connectivity index (χ2n) is 9.87. The number of rotatable bonds is 7. The summed E-state index contributed by atoms with van der Waals surface area (Å²) in [6, 6.07) is 38.2. The number of fused-ring (bicyclic) bond motifs is 1. The van der Waals surface area contributed by atoms with Gasteiger partial charge in [0, 0.05) is 22.6 Å². The van der Waals surface area contributed by atoms with Crippen LogP contribution in [0.5, 0.6) is 0 Å². The first kappa shape index (κ1) is 28.2. The van der Waals surface area contributed by atoms with Crippen LogP contribution in [0.25, 0.3) is 22.5 Å². The first-order valence-corrected chi connectivity index (χ1v) is 16.2. The van der Waals surface area contributed by atoms with Gasteiger partial charge in [0.2, 0.25) is 0 Å². The minimum atomic E-state index is -4.00. The number of hydrogen-bond acceptors (Lipinski definition) is 6. The molecule has 1 unspecified atom stereocenters. The molecule has 0 bridgehead atoms. The first-order valence-electron chi connectivity index (χ1n) is 13.5. The molecule has 0 amide bonds. The van der Waals surface area contributed by atoms with E-state index in [1.165, 1.54) is 16.1 Å².